The summed E-state index contributed by atoms with van der Waals surface area (Å²) in [6.45, 7) is 6.47. The first-order chi connectivity index (χ1) is 6.59. The Morgan fingerprint density at radius 1 is 1.43 bits per heavy atom. The first-order valence-electron chi connectivity index (χ1n) is 4.74. The molecule has 0 saturated carbocycles. The van der Waals surface area contributed by atoms with Crippen LogP contribution < -0.4 is 5.32 Å². The van der Waals surface area contributed by atoms with Crippen molar-refractivity contribution < 1.29 is 0 Å². The lowest BCUT2D eigenvalue weighted by Crippen LogP contribution is -2.19. The van der Waals surface area contributed by atoms with E-state index in [-0.39, 0.29) is 0 Å². The zero-order valence-corrected chi connectivity index (χ0v) is 12.2. The molecular formula is C11H15BrIN. The molecule has 1 N–H and O–H groups in total. The molecule has 0 aliphatic rings. The van der Waals surface area contributed by atoms with Crippen LogP contribution in [-0.4, -0.2) is 6.54 Å². The van der Waals surface area contributed by atoms with Crippen molar-refractivity contribution in [1.29, 1.82) is 0 Å². The number of rotatable bonds is 4. The highest BCUT2D eigenvalue weighted by atomic mass is 127. The van der Waals surface area contributed by atoms with Crippen LogP contribution in [-0.2, 0) is 6.54 Å². The van der Waals surface area contributed by atoms with Crippen LogP contribution in [0.2, 0.25) is 0 Å². The van der Waals surface area contributed by atoms with Crippen LogP contribution >= 0.6 is 38.5 Å². The van der Waals surface area contributed by atoms with Gasteiger partial charge in [0, 0.05) is 14.6 Å². The van der Waals surface area contributed by atoms with Crippen molar-refractivity contribution in [2.24, 2.45) is 5.92 Å². The quantitative estimate of drug-likeness (QED) is 0.798. The summed E-state index contributed by atoms with van der Waals surface area (Å²) in [7, 11) is 0. The molecule has 0 atom stereocenters. The first-order valence-corrected chi connectivity index (χ1v) is 6.61. The van der Waals surface area contributed by atoms with Gasteiger partial charge in [-0.25, -0.2) is 0 Å². The van der Waals surface area contributed by atoms with Crippen LogP contribution in [0.25, 0.3) is 0 Å². The molecule has 1 aromatic rings. The van der Waals surface area contributed by atoms with Crippen LogP contribution in [0, 0.1) is 9.49 Å². The Hall–Kier alpha value is 0.390. The van der Waals surface area contributed by atoms with Crippen molar-refractivity contribution in [2.75, 3.05) is 6.54 Å². The van der Waals surface area contributed by atoms with Gasteiger partial charge in [0.25, 0.3) is 0 Å². The van der Waals surface area contributed by atoms with Gasteiger partial charge in [0.15, 0.2) is 0 Å². The van der Waals surface area contributed by atoms with Crippen molar-refractivity contribution in [1.82, 2.24) is 5.32 Å². The average molecular weight is 368 g/mol. The maximum absolute atomic E-state index is 3.49. The van der Waals surface area contributed by atoms with E-state index in [4.69, 9.17) is 0 Å². The van der Waals surface area contributed by atoms with Crippen molar-refractivity contribution in [2.45, 2.75) is 20.4 Å². The van der Waals surface area contributed by atoms with E-state index in [0.717, 1.165) is 17.6 Å². The third kappa shape index (κ3) is 4.28. The molecule has 3 heteroatoms. The second kappa shape index (κ2) is 6.08. The summed E-state index contributed by atoms with van der Waals surface area (Å²) in [4.78, 5) is 0. The molecule has 0 aromatic heterocycles. The summed E-state index contributed by atoms with van der Waals surface area (Å²) < 4.78 is 2.47. The molecule has 1 nitrogen and oxygen atoms in total. The highest BCUT2D eigenvalue weighted by molar-refractivity contribution is 14.1. The topological polar surface area (TPSA) is 12.0 Å². The minimum atomic E-state index is 0.708. The van der Waals surface area contributed by atoms with Gasteiger partial charge in [-0.05, 0) is 58.8 Å². The molecular weight excluding hydrogens is 353 g/mol. The summed E-state index contributed by atoms with van der Waals surface area (Å²) in [6.07, 6.45) is 0. The Kier molecular flexibility index (Phi) is 5.41. The maximum Gasteiger partial charge on any atom is 0.0216 e. The highest BCUT2D eigenvalue weighted by Crippen LogP contribution is 2.18. The van der Waals surface area contributed by atoms with Gasteiger partial charge in [-0.3, -0.25) is 0 Å². The van der Waals surface area contributed by atoms with Crippen molar-refractivity contribution >= 4 is 38.5 Å². The molecule has 0 aliphatic carbocycles. The van der Waals surface area contributed by atoms with Gasteiger partial charge in [0.1, 0.15) is 0 Å². The number of hydrogen-bond acceptors (Lipinski definition) is 1. The lowest BCUT2D eigenvalue weighted by Gasteiger charge is -2.09. The van der Waals surface area contributed by atoms with E-state index >= 15 is 0 Å². The van der Waals surface area contributed by atoms with Crippen LogP contribution in [0.4, 0.5) is 0 Å². The highest BCUT2D eigenvalue weighted by Gasteiger charge is 2.00. The van der Waals surface area contributed by atoms with Gasteiger partial charge >= 0.3 is 0 Å². The third-order valence-corrected chi connectivity index (χ3v) is 3.42. The molecule has 0 unspecified atom stereocenters. The number of hydrogen-bond donors (Lipinski definition) is 1. The second-order valence-electron chi connectivity index (χ2n) is 3.76. The Balaban J connectivity index is 2.53. The molecule has 0 bridgehead atoms. The van der Waals surface area contributed by atoms with E-state index < -0.39 is 0 Å². The van der Waals surface area contributed by atoms with Gasteiger partial charge in [-0.15, -0.1) is 0 Å². The molecule has 0 saturated heterocycles. The van der Waals surface area contributed by atoms with E-state index in [2.05, 4.69) is 75.9 Å². The molecule has 14 heavy (non-hydrogen) atoms. The van der Waals surface area contributed by atoms with E-state index in [9.17, 15) is 0 Å². The minimum Gasteiger partial charge on any atom is -0.312 e. The average Bonchev–Trinajstić information content (AvgIpc) is 2.10. The molecule has 0 spiro atoms. The van der Waals surface area contributed by atoms with Crippen LogP contribution in [0.3, 0.4) is 0 Å². The maximum atomic E-state index is 3.49. The molecule has 0 amide bonds. The number of benzene rings is 1. The zero-order valence-electron chi connectivity index (χ0n) is 8.48. The molecule has 1 rings (SSSR count). The molecule has 0 radical (unpaired) electrons. The molecule has 0 fully saturated rings. The van der Waals surface area contributed by atoms with E-state index in [1.165, 1.54) is 9.13 Å². The van der Waals surface area contributed by atoms with E-state index in [0.29, 0.717) is 5.92 Å². The van der Waals surface area contributed by atoms with Gasteiger partial charge in [0.05, 0.1) is 0 Å². The fourth-order valence-electron chi connectivity index (χ4n) is 1.17. The van der Waals surface area contributed by atoms with Crippen LogP contribution in [0.15, 0.2) is 22.7 Å². The lowest BCUT2D eigenvalue weighted by atomic mass is 10.2. The first kappa shape index (κ1) is 12.5. The van der Waals surface area contributed by atoms with Crippen molar-refractivity contribution in [3.8, 4) is 0 Å². The SMILES string of the molecule is CC(C)CNCc1cc(Br)ccc1I. The fraction of sp³-hybridized carbons (Fsp3) is 0.455. The van der Waals surface area contributed by atoms with Crippen molar-refractivity contribution in [3.63, 3.8) is 0 Å². The monoisotopic (exact) mass is 367 g/mol. The summed E-state index contributed by atoms with van der Waals surface area (Å²) in [6, 6.07) is 6.39. The van der Waals surface area contributed by atoms with E-state index in [1.54, 1.807) is 0 Å². The Morgan fingerprint density at radius 3 is 2.79 bits per heavy atom. The molecule has 0 heterocycles. The second-order valence-corrected chi connectivity index (χ2v) is 5.84. The van der Waals surface area contributed by atoms with Gasteiger partial charge in [-0.1, -0.05) is 29.8 Å². The summed E-state index contributed by atoms with van der Waals surface area (Å²) in [5.41, 5.74) is 1.36. The van der Waals surface area contributed by atoms with Gasteiger partial charge in [-0.2, -0.15) is 0 Å². The van der Waals surface area contributed by atoms with Gasteiger partial charge < -0.3 is 5.32 Å². The fourth-order valence-corrected chi connectivity index (χ4v) is 2.11. The zero-order chi connectivity index (χ0) is 10.6. The molecule has 78 valence electrons. The summed E-state index contributed by atoms with van der Waals surface area (Å²) in [5, 5.41) is 3.44. The normalized spacial score (nSPS) is 10.9. The smallest absolute Gasteiger partial charge is 0.0216 e. The predicted octanol–water partition coefficient (Wildman–Crippen LogP) is 3.80. The van der Waals surface area contributed by atoms with Gasteiger partial charge in [0.2, 0.25) is 0 Å². The molecule has 1 aromatic carbocycles. The minimum absolute atomic E-state index is 0.708. The summed E-state index contributed by atoms with van der Waals surface area (Å²) >= 11 is 5.86. The Morgan fingerprint density at radius 2 is 2.14 bits per heavy atom. The number of nitrogens with one attached hydrogen (secondary N) is 1. The number of halogens is 2. The van der Waals surface area contributed by atoms with Crippen LogP contribution in [0.1, 0.15) is 19.4 Å². The van der Waals surface area contributed by atoms with E-state index in [1.807, 2.05) is 0 Å². The molecule has 0 aliphatic heterocycles. The standard InChI is InChI=1S/C11H15BrIN/c1-8(2)6-14-7-9-5-10(12)3-4-11(9)13/h3-5,8,14H,6-7H2,1-2H3. The van der Waals surface area contributed by atoms with Crippen LogP contribution in [0.5, 0.6) is 0 Å². The Bertz CT molecular complexity index is 299. The lowest BCUT2D eigenvalue weighted by molar-refractivity contribution is 0.551. The predicted molar refractivity (Wildman–Crippen MR) is 73.4 cm³/mol. The Labute approximate surface area is 108 Å². The largest absolute Gasteiger partial charge is 0.312 e. The third-order valence-electron chi connectivity index (χ3n) is 1.88. The van der Waals surface area contributed by atoms with Crippen molar-refractivity contribution in [3.05, 3.63) is 31.8 Å². The summed E-state index contributed by atoms with van der Waals surface area (Å²) in [5.74, 6) is 0.708.